The van der Waals surface area contributed by atoms with E-state index in [1.54, 1.807) is 36.5 Å². The fourth-order valence-corrected chi connectivity index (χ4v) is 4.62. The number of hydrogen-bond donors (Lipinski definition) is 2. The number of rotatable bonds is 6. The lowest BCUT2D eigenvalue weighted by molar-refractivity contribution is 0.102. The number of anilines is 2. The highest BCUT2D eigenvalue weighted by Gasteiger charge is 2.27. The van der Waals surface area contributed by atoms with Gasteiger partial charge in [0.2, 0.25) is 0 Å². The molecule has 1 aromatic carbocycles. The molecule has 144 valence electrons. The lowest BCUT2D eigenvalue weighted by Crippen LogP contribution is -2.20. The molecular weight excluding hydrogens is 370 g/mol. The fraction of sp³-hybridized carbons (Fsp3) is 0.333. The van der Waals surface area contributed by atoms with Crippen molar-refractivity contribution < 1.29 is 22.7 Å². The van der Waals surface area contributed by atoms with Crippen LogP contribution in [0, 0.1) is 0 Å². The van der Waals surface area contributed by atoms with E-state index in [9.17, 15) is 13.2 Å². The molecule has 0 spiro atoms. The smallest absolute Gasteiger partial charge is 0.264 e. The first-order chi connectivity index (χ1) is 12.9. The zero-order valence-corrected chi connectivity index (χ0v) is 15.9. The summed E-state index contributed by atoms with van der Waals surface area (Å²) in [6.45, 7) is 0. The van der Waals surface area contributed by atoms with Gasteiger partial charge >= 0.3 is 0 Å². The minimum atomic E-state index is -2.95. The predicted molar refractivity (Wildman–Crippen MR) is 102 cm³/mol. The minimum Gasteiger partial charge on any atom is -0.496 e. The molecular formula is C18H21N3O5S. The molecule has 1 aromatic heterocycles. The van der Waals surface area contributed by atoms with Gasteiger partial charge in [-0.15, -0.1) is 0 Å². The number of benzene rings is 1. The van der Waals surface area contributed by atoms with Crippen LogP contribution in [-0.2, 0) is 9.84 Å². The van der Waals surface area contributed by atoms with Gasteiger partial charge in [0.15, 0.2) is 9.84 Å². The Labute approximate surface area is 157 Å². The quantitative estimate of drug-likeness (QED) is 0.775. The van der Waals surface area contributed by atoms with Gasteiger partial charge in [-0.1, -0.05) is 6.07 Å². The van der Waals surface area contributed by atoms with Crippen LogP contribution < -0.4 is 20.1 Å². The van der Waals surface area contributed by atoms with E-state index in [-0.39, 0.29) is 23.1 Å². The maximum atomic E-state index is 12.6. The molecule has 8 nitrogen and oxygen atoms in total. The summed E-state index contributed by atoms with van der Waals surface area (Å²) >= 11 is 0. The van der Waals surface area contributed by atoms with E-state index in [2.05, 4.69) is 15.6 Å². The molecule has 2 heterocycles. The molecule has 1 fully saturated rings. The number of aromatic nitrogens is 1. The van der Waals surface area contributed by atoms with Gasteiger partial charge in [-0.05, 0) is 30.7 Å². The van der Waals surface area contributed by atoms with Crippen molar-refractivity contribution >= 4 is 27.2 Å². The second-order valence-electron chi connectivity index (χ2n) is 6.17. The summed E-state index contributed by atoms with van der Waals surface area (Å²) in [5.41, 5.74) is 0.979. The first-order valence-corrected chi connectivity index (χ1v) is 10.2. The number of amides is 1. The van der Waals surface area contributed by atoms with Crippen molar-refractivity contribution in [3.8, 4) is 11.5 Å². The number of ether oxygens (including phenoxy) is 2. The highest BCUT2D eigenvalue weighted by atomic mass is 32.2. The first-order valence-electron chi connectivity index (χ1n) is 8.37. The van der Waals surface area contributed by atoms with Gasteiger partial charge in [0.1, 0.15) is 22.9 Å². The Morgan fingerprint density at radius 3 is 2.37 bits per heavy atom. The average Bonchev–Trinajstić information content (AvgIpc) is 3.00. The molecule has 1 unspecified atom stereocenters. The van der Waals surface area contributed by atoms with E-state index in [1.807, 2.05) is 0 Å². The van der Waals surface area contributed by atoms with E-state index in [0.29, 0.717) is 29.4 Å². The van der Waals surface area contributed by atoms with Crippen molar-refractivity contribution in [3.63, 3.8) is 0 Å². The van der Waals surface area contributed by atoms with Crippen LogP contribution >= 0.6 is 0 Å². The SMILES string of the molecule is COc1cccc(OC)c1C(=O)Nc1ccc(NC2CCS(=O)(=O)C2)cn1. The van der Waals surface area contributed by atoms with Gasteiger partial charge in [-0.2, -0.15) is 0 Å². The predicted octanol–water partition coefficient (Wildman–Crippen LogP) is 1.95. The number of nitrogens with one attached hydrogen (secondary N) is 2. The maximum absolute atomic E-state index is 12.6. The van der Waals surface area contributed by atoms with Crippen LogP contribution in [0.1, 0.15) is 16.8 Å². The zero-order valence-electron chi connectivity index (χ0n) is 15.1. The Bertz CT molecular complexity index is 906. The van der Waals surface area contributed by atoms with Gasteiger partial charge in [-0.3, -0.25) is 4.79 Å². The summed E-state index contributed by atoms with van der Waals surface area (Å²) in [6, 6.07) is 8.35. The molecule has 3 rings (SSSR count). The van der Waals surface area contributed by atoms with Gasteiger partial charge in [0.25, 0.3) is 5.91 Å². The molecule has 0 bridgehead atoms. The van der Waals surface area contributed by atoms with Crippen LogP contribution in [-0.4, -0.2) is 51.1 Å². The minimum absolute atomic E-state index is 0.116. The van der Waals surface area contributed by atoms with Gasteiger partial charge in [-0.25, -0.2) is 13.4 Å². The van der Waals surface area contributed by atoms with E-state index >= 15 is 0 Å². The Kier molecular flexibility index (Phi) is 5.50. The van der Waals surface area contributed by atoms with E-state index < -0.39 is 15.7 Å². The van der Waals surface area contributed by atoms with Gasteiger partial charge in [0, 0.05) is 6.04 Å². The average molecular weight is 391 g/mol. The number of carbonyl (C=O) groups is 1. The van der Waals surface area contributed by atoms with Crippen LogP contribution in [0.4, 0.5) is 11.5 Å². The van der Waals surface area contributed by atoms with Gasteiger partial charge < -0.3 is 20.1 Å². The van der Waals surface area contributed by atoms with Gasteiger partial charge in [0.05, 0.1) is 37.6 Å². The van der Waals surface area contributed by atoms with Crippen molar-refractivity contribution in [1.82, 2.24) is 4.98 Å². The van der Waals surface area contributed by atoms with Crippen LogP contribution in [0.25, 0.3) is 0 Å². The molecule has 0 radical (unpaired) electrons. The van der Waals surface area contributed by atoms with Crippen molar-refractivity contribution in [2.45, 2.75) is 12.5 Å². The number of sulfone groups is 1. The molecule has 1 atom stereocenters. The van der Waals surface area contributed by atoms with Crippen molar-refractivity contribution in [3.05, 3.63) is 42.1 Å². The molecule has 2 N–H and O–H groups in total. The van der Waals surface area contributed by atoms with Crippen molar-refractivity contribution in [2.75, 3.05) is 36.4 Å². The van der Waals surface area contributed by atoms with E-state index in [4.69, 9.17) is 9.47 Å². The molecule has 1 amide bonds. The summed E-state index contributed by atoms with van der Waals surface area (Å²) in [5, 5.41) is 5.86. The number of nitrogens with zero attached hydrogens (tertiary/aromatic N) is 1. The molecule has 0 aliphatic carbocycles. The summed E-state index contributed by atoms with van der Waals surface area (Å²) < 4.78 is 33.5. The Morgan fingerprint density at radius 2 is 1.85 bits per heavy atom. The monoisotopic (exact) mass is 391 g/mol. The molecule has 0 saturated carbocycles. The van der Waals surface area contributed by atoms with Crippen molar-refractivity contribution in [1.29, 1.82) is 0 Å². The molecule has 2 aromatic rings. The molecule has 1 aliphatic heterocycles. The van der Waals surface area contributed by atoms with E-state index in [0.717, 1.165) is 0 Å². The third kappa shape index (κ3) is 4.48. The second-order valence-corrected chi connectivity index (χ2v) is 8.40. The number of carbonyl (C=O) groups excluding carboxylic acids is 1. The number of pyridine rings is 1. The van der Waals surface area contributed by atoms with Crippen LogP contribution in [0.2, 0.25) is 0 Å². The van der Waals surface area contributed by atoms with Crippen LogP contribution in [0.5, 0.6) is 11.5 Å². The topological polar surface area (TPSA) is 107 Å². The third-order valence-electron chi connectivity index (χ3n) is 4.26. The summed E-state index contributed by atoms with van der Waals surface area (Å²) in [6.07, 6.45) is 2.13. The highest BCUT2D eigenvalue weighted by Crippen LogP contribution is 2.29. The number of hydrogen-bond acceptors (Lipinski definition) is 7. The fourth-order valence-electron chi connectivity index (χ4n) is 2.95. The molecule has 27 heavy (non-hydrogen) atoms. The Hall–Kier alpha value is -2.81. The van der Waals surface area contributed by atoms with Crippen LogP contribution in [0.3, 0.4) is 0 Å². The Morgan fingerprint density at radius 1 is 1.15 bits per heavy atom. The van der Waals surface area contributed by atoms with Crippen LogP contribution in [0.15, 0.2) is 36.5 Å². The van der Waals surface area contributed by atoms with E-state index in [1.165, 1.54) is 14.2 Å². The van der Waals surface area contributed by atoms with Crippen molar-refractivity contribution in [2.24, 2.45) is 0 Å². The third-order valence-corrected chi connectivity index (χ3v) is 6.03. The molecule has 9 heteroatoms. The second kappa shape index (κ2) is 7.83. The number of methoxy groups -OCH3 is 2. The summed E-state index contributed by atoms with van der Waals surface area (Å²) in [5.74, 6) is 1.07. The largest absolute Gasteiger partial charge is 0.496 e. The maximum Gasteiger partial charge on any atom is 0.264 e. The summed E-state index contributed by atoms with van der Waals surface area (Å²) in [7, 11) is 0.0121. The normalized spacial score (nSPS) is 17.9. The highest BCUT2D eigenvalue weighted by molar-refractivity contribution is 7.91. The standard InChI is InChI=1S/C18H21N3O5S/c1-25-14-4-3-5-15(26-2)17(14)18(22)21-16-7-6-12(10-19-16)20-13-8-9-27(23,24)11-13/h3-7,10,13,20H,8-9,11H2,1-2H3,(H,19,21,22). The lowest BCUT2D eigenvalue weighted by Gasteiger charge is -2.14. The summed E-state index contributed by atoms with van der Waals surface area (Å²) in [4.78, 5) is 16.8. The zero-order chi connectivity index (χ0) is 19.4. The lowest BCUT2D eigenvalue weighted by atomic mass is 10.1. The molecule has 1 saturated heterocycles. The molecule has 1 aliphatic rings. The first kappa shape index (κ1) is 19.0. The Balaban J connectivity index is 1.69.